The normalized spacial score (nSPS) is 14.1. The van der Waals surface area contributed by atoms with Crippen molar-refractivity contribution in [2.24, 2.45) is 5.41 Å². The molecule has 20 heavy (non-hydrogen) atoms. The Morgan fingerprint density at radius 1 is 1.10 bits per heavy atom. The van der Waals surface area contributed by atoms with E-state index in [1.54, 1.807) is 0 Å². The maximum Gasteiger partial charge on any atom is 0.138 e. The summed E-state index contributed by atoms with van der Waals surface area (Å²) in [6.07, 6.45) is 1.69. The van der Waals surface area contributed by atoms with Gasteiger partial charge in [-0.15, -0.1) is 0 Å². The molecule has 0 radical (unpaired) electrons. The van der Waals surface area contributed by atoms with Gasteiger partial charge in [-0.2, -0.15) is 0 Å². The van der Waals surface area contributed by atoms with Crippen molar-refractivity contribution in [3.05, 3.63) is 35.9 Å². The van der Waals surface area contributed by atoms with Crippen LogP contribution < -0.4 is 0 Å². The lowest BCUT2D eigenvalue weighted by Gasteiger charge is -2.26. The Morgan fingerprint density at radius 3 is 2.10 bits per heavy atom. The maximum atomic E-state index is 12.2. The molecule has 0 aromatic heterocycles. The van der Waals surface area contributed by atoms with Crippen LogP contribution in [0.2, 0.25) is 25.7 Å². The molecule has 1 nitrogen and oxygen atoms in total. The second-order valence-electron chi connectivity index (χ2n) is 8.08. The highest BCUT2D eigenvalue weighted by atomic mass is 28.3. The van der Waals surface area contributed by atoms with Gasteiger partial charge in [-0.1, -0.05) is 76.8 Å². The zero-order valence-electron chi connectivity index (χ0n) is 14.0. The van der Waals surface area contributed by atoms with Gasteiger partial charge in [0, 0.05) is 19.9 Å². The zero-order chi connectivity index (χ0) is 15.4. The number of hydrogen-bond donors (Lipinski definition) is 0. The lowest BCUT2D eigenvalue weighted by molar-refractivity contribution is -0.126. The number of carbonyl (C=O) groups excluding carboxylic acids is 1. The first-order valence-electron chi connectivity index (χ1n) is 7.68. The minimum Gasteiger partial charge on any atom is -0.299 e. The van der Waals surface area contributed by atoms with Crippen molar-refractivity contribution in [2.75, 3.05) is 0 Å². The summed E-state index contributed by atoms with van der Waals surface area (Å²) in [7, 11) is -1.13. The quantitative estimate of drug-likeness (QED) is 0.632. The third-order valence-electron chi connectivity index (χ3n) is 3.69. The predicted molar refractivity (Wildman–Crippen MR) is 91.0 cm³/mol. The molecule has 0 amide bonds. The first-order valence-corrected chi connectivity index (χ1v) is 11.4. The van der Waals surface area contributed by atoms with E-state index in [0.717, 1.165) is 6.42 Å². The van der Waals surface area contributed by atoms with E-state index in [1.807, 2.05) is 20.8 Å². The molecule has 1 atom stereocenters. The fourth-order valence-corrected chi connectivity index (χ4v) is 4.45. The largest absolute Gasteiger partial charge is 0.299 e. The van der Waals surface area contributed by atoms with Gasteiger partial charge in [0.05, 0.1) is 0 Å². The second-order valence-corrected chi connectivity index (χ2v) is 13.6. The molecule has 0 aliphatic rings. The van der Waals surface area contributed by atoms with E-state index in [0.29, 0.717) is 18.1 Å². The van der Waals surface area contributed by atoms with E-state index in [4.69, 9.17) is 0 Å². The Kier molecular flexibility index (Phi) is 5.75. The molecule has 0 saturated heterocycles. The Hall–Kier alpha value is -0.893. The molecule has 0 aliphatic heterocycles. The standard InChI is InChI=1S/C18H30OSi/c1-18(2,3)17(19)13-12-16(14-20(4,5)6)15-10-8-7-9-11-15/h7-11,16H,12-14H2,1-6H3. The van der Waals surface area contributed by atoms with Gasteiger partial charge in [-0.3, -0.25) is 4.79 Å². The average Bonchev–Trinajstić information content (AvgIpc) is 2.32. The summed E-state index contributed by atoms with van der Waals surface area (Å²) >= 11 is 0. The van der Waals surface area contributed by atoms with Crippen molar-refractivity contribution in [1.82, 2.24) is 0 Å². The number of hydrogen-bond acceptors (Lipinski definition) is 1. The molecule has 1 aromatic rings. The van der Waals surface area contributed by atoms with Crippen LogP contribution in [0.15, 0.2) is 30.3 Å². The monoisotopic (exact) mass is 290 g/mol. The summed E-state index contributed by atoms with van der Waals surface area (Å²) in [6.45, 7) is 13.3. The van der Waals surface area contributed by atoms with E-state index in [2.05, 4.69) is 50.0 Å². The number of Topliss-reactive ketones (excluding diaryl/α,β-unsaturated/α-hetero) is 1. The van der Waals surface area contributed by atoms with Crippen LogP contribution in [0.5, 0.6) is 0 Å². The van der Waals surface area contributed by atoms with Gasteiger partial charge >= 0.3 is 0 Å². The molecule has 0 spiro atoms. The van der Waals surface area contributed by atoms with E-state index in [-0.39, 0.29) is 5.41 Å². The fraction of sp³-hybridized carbons (Fsp3) is 0.611. The van der Waals surface area contributed by atoms with Crippen molar-refractivity contribution in [2.45, 2.75) is 65.2 Å². The Morgan fingerprint density at radius 2 is 1.65 bits per heavy atom. The summed E-state index contributed by atoms with van der Waals surface area (Å²) < 4.78 is 0. The van der Waals surface area contributed by atoms with Crippen LogP contribution in [0.25, 0.3) is 0 Å². The number of rotatable bonds is 6. The van der Waals surface area contributed by atoms with Crippen LogP contribution in [0.4, 0.5) is 0 Å². The van der Waals surface area contributed by atoms with Gasteiger partial charge in [0.1, 0.15) is 5.78 Å². The lowest BCUT2D eigenvalue weighted by Crippen LogP contribution is -2.25. The molecular weight excluding hydrogens is 260 g/mol. The van der Waals surface area contributed by atoms with Gasteiger partial charge in [-0.05, 0) is 17.9 Å². The Labute approximate surface area is 125 Å². The SMILES string of the molecule is CC(C)(C)C(=O)CCC(C[Si](C)(C)C)c1ccccc1. The van der Waals surface area contributed by atoms with E-state index < -0.39 is 8.07 Å². The lowest BCUT2D eigenvalue weighted by atomic mass is 9.85. The third kappa shape index (κ3) is 6.04. The number of carbonyl (C=O) groups is 1. The minimum absolute atomic E-state index is 0.208. The molecule has 2 heteroatoms. The molecular formula is C18H30OSi. The van der Waals surface area contributed by atoms with Gasteiger partial charge in [-0.25, -0.2) is 0 Å². The molecule has 0 saturated carbocycles. The Bertz CT molecular complexity index is 423. The summed E-state index contributed by atoms with van der Waals surface area (Å²) in [5, 5.41) is 0. The zero-order valence-corrected chi connectivity index (χ0v) is 15.0. The van der Waals surface area contributed by atoms with Crippen LogP contribution in [-0.2, 0) is 4.79 Å². The minimum atomic E-state index is -1.13. The average molecular weight is 291 g/mol. The number of benzene rings is 1. The van der Waals surface area contributed by atoms with Gasteiger partial charge in [0.15, 0.2) is 0 Å². The molecule has 1 rings (SSSR count). The third-order valence-corrected chi connectivity index (χ3v) is 5.40. The highest BCUT2D eigenvalue weighted by Gasteiger charge is 2.25. The molecule has 112 valence electrons. The van der Waals surface area contributed by atoms with E-state index in [1.165, 1.54) is 11.6 Å². The van der Waals surface area contributed by atoms with Crippen LogP contribution in [0, 0.1) is 5.41 Å². The molecule has 0 heterocycles. The van der Waals surface area contributed by atoms with Gasteiger partial charge in [0.25, 0.3) is 0 Å². The van der Waals surface area contributed by atoms with Crippen LogP contribution in [-0.4, -0.2) is 13.9 Å². The van der Waals surface area contributed by atoms with E-state index in [9.17, 15) is 4.79 Å². The molecule has 0 fully saturated rings. The van der Waals surface area contributed by atoms with Crippen molar-refractivity contribution < 1.29 is 4.79 Å². The van der Waals surface area contributed by atoms with Gasteiger partial charge in [0.2, 0.25) is 0 Å². The maximum absolute atomic E-state index is 12.2. The topological polar surface area (TPSA) is 17.1 Å². The van der Waals surface area contributed by atoms with E-state index >= 15 is 0 Å². The van der Waals surface area contributed by atoms with Crippen LogP contribution >= 0.6 is 0 Å². The summed E-state index contributed by atoms with van der Waals surface area (Å²) in [6, 6.07) is 12.0. The first-order chi connectivity index (χ1) is 9.09. The van der Waals surface area contributed by atoms with Crippen molar-refractivity contribution in [1.29, 1.82) is 0 Å². The smallest absolute Gasteiger partial charge is 0.138 e. The molecule has 0 N–H and O–H groups in total. The first kappa shape index (κ1) is 17.2. The van der Waals surface area contributed by atoms with Gasteiger partial charge < -0.3 is 0 Å². The van der Waals surface area contributed by atoms with Crippen LogP contribution in [0.1, 0.15) is 45.1 Å². The van der Waals surface area contributed by atoms with Crippen molar-refractivity contribution >= 4 is 13.9 Å². The van der Waals surface area contributed by atoms with Crippen molar-refractivity contribution in [3.8, 4) is 0 Å². The summed E-state index contributed by atoms with van der Waals surface area (Å²) in [4.78, 5) is 12.2. The Balaban J connectivity index is 2.77. The van der Waals surface area contributed by atoms with Crippen molar-refractivity contribution in [3.63, 3.8) is 0 Å². The van der Waals surface area contributed by atoms with Crippen LogP contribution in [0.3, 0.4) is 0 Å². The second kappa shape index (κ2) is 6.71. The molecule has 1 unspecified atom stereocenters. The highest BCUT2D eigenvalue weighted by Crippen LogP contribution is 2.32. The predicted octanol–water partition coefficient (Wildman–Crippen LogP) is 5.50. The molecule has 0 bridgehead atoms. The molecule has 0 aliphatic carbocycles. The fourth-order valence-electron chi connectivity index (χ4n) is 2.53. The molecule has 1 aromatic carbocycles. The number of ketones is 1. The highest BCUT2D eigenvalue weighted by molar-refractivity contribution is 6.76. The summed E-state index contributed by atoms with van der Waals surface area (Å²) in [5.74, 6) is 0.920. The summed E-state index contributed by atoms with van der Waals surface area (Å²) in [5.41, 5.74) is 1.19.